The molecule has 0 aromatic heterocycles. The average Bonchev–Trinajstić information content (AvgIpc) is 2.60. The third-order valence-corrected chi connectivity index (χ3v) is 6.60. The van der Waals surface area contributed by atoms with Crippen LogP contribution in [0.25, 0.3) is 0 Å². The van der Waals surface area contributed by atoms with Gasteiger partial charge < -0.3 is 5.11 Å². The van der Waals surface area contributed by atoms with E-state index in [9.17, 15) is 9.90 Å². The van der Waals surface area contributed by atoms with Crippen molar-refractivity contribution in [3.05, 3.63) is 35.4 Å². The van der Waals surface area contributed by atoms with Crippen LogP contribution in [0.5, 0.6) is 0 Å². The molecule has 0 aliphatic carbocycles. The predicted octanol–water partition coefficient (Wildman–Crippen LogP) is 7.41. The number of unbranched alkanes of at least 4 members (excludes halogenated alkanes) is 10. The highest BCUT2D eigenvalue weighted by Gasteiger charge is 2.36. The first kappa shape index (κ1) is 22.5. The minimum Gasteiger partial charge on any atom is -0.480 e. The monoisotopic (exact) mass is 458 g/mol. The van der Waals surface area contributed by atoms with Gasteiger partial charge >= 0.3 is 5.97 Å². The summed E-state index contributed by atoms with van der Waals surface area (Å²) in [4.78, 5) is 11.8. The van der Waals surface area contributed by atoms with Crippen molar-refractivity contribution in [1.29, 1.82) is 0 Å². The fraction of sp³-hybridized carbons (Fsp3) is 0.682. The molecule has 1 rings (SSSR count). The molecule has 25 heavy (non-hydrogen) atoms. The lowest BCUT2D eigenvalue weighted by Crippen LogP contribution is -2.28. The smallest absolute Gasteiger partial charge is 0.324 e. The van der Waals surface area contributed by atoms with E-state index in [1.807, 2.05) is 31.2 Å². The van der Waals surface area contributed by atoms with Gasteiger partial charge in [0.25, 0.3) is 0 Å². The van der Waals surface area contributed by atoms with Gasteiger partial charge in [0.1, 0.15) is 3.42 Å². The molecule has 3 heteroatoms. The van der Waals surface area contributed by atoms with Crippen molar-refractivity contribution in [3.63, 3.8) is 0 Å². The maximum absolute atomic E-state index is 11.8. The van der Waals surface area contributed by atoms with Crippen LogP contribution in [0.4, 0.5) is 0 Å². The second-order valence-corrected chi connectivity index (χ2v) is 9.10. The molecule has 0 saturated heterocycles. The second kappa shape index (κ2) is 12.7. The maximum atomic E-state index is 11.8. The van der Waals surface area contributed by atoms with Crippen molar-refractivity contribution in [2.45, 2.75) is 94.3 Å². The highest BCUT2D eigenvalue weighted by Crippen LogP contribution is 2.38. The van der Waals surface area contributed by atoms with E-state index in [1.165, 1.54) is 63.4 Å². The normalized spacial score (nSPS) is 13.6. The molecule has 0 aliphatic heterocycles. The number of aryl methyl sites for hydroxylation is 1. The molecule has 1 aromatic rings. The minimum atomic E-state index is -0.787. The highest BCUT2D eigenvalue weighted by molar-refractivity contribution is 14.1. The van der Waals surface area contributed by atoms with Crippen LogP contribution >= 0.6 is 22.6 Å². The van der Waals surface area contributed by atoms with Gasteiger partial charge in [0.05, 0.1) is 0 Å². The number of alkyl halides is 1. The van der Waals surface area contributed by atoms with Crippen LogP contribution < -0.4 is 0 Å². The van der Waals surface area contributed by atoms with E-state index < -0.39 is 9.39 Å². The molecular formula is C22H35IO2. The first-order valence-electron chi connectivity index (χ1n) is 10.00. The van der Waals surface area contributed by atoms with Crippen LogP contribution in [0.2, 0.25) is 0 Å². The molecule has 0 fully saturated rings. The summed E-state index contributed by atoms with van der Waals surface area (Å²) < 4.78 is -0.787. The van der Waals surface area contributed by atoms with Crippen LogP contribution in [0, 0.1) is 6.92 Å². The minimum absolute atomic E-state index is 0.711. The number of benzene rings is 1. The van der Waals surface area contributed by atoms with Gasteiger partial charge in [-0.25, -0.2) is 0 Å². The van der Waals surface area contributed by atoms with E-state index in [1.54, 1.807) is 0 Å². The topological polar surface area (TPSA) is 37.3 Å². The first-order valence-corrected chi connectivity index (χ1v) is 11.1. The zero-order valence-corrected chi connectivity index (χ0v) is 18.2. The van der Waals surface area contributed by atoms with Crippen LogP contribution in [0.3, 0.4) is 0 Å². The molecule has 2 nitrogen and oxygen atoms in total. The number of halogens is 1. The lowest BCUT2D eigenvalue weighted by atomic mass is 9.92. The number of rotatable bonds is 14. The molecule has 1 atom stereocenters. The first-order chi connectivity index (χ1) is 12.0. The molecule has 142 valence electrons. The zero-order chi connectivity index (χ0) is 18.5. The third kappa shape index (κ3) is 8.57. The van der Waals surface area contributed by atoms with Gasteiger partial charge in [0.15, 0.2) is 0 Å². The van der Waals surface area contributed by atoms with Crippen molar-refractivity contribution in [1.82, 2.24) is 0 Å². The van der Waals surface area contributed by atoms with Gasteiger partial charge in [0, 0.05) is 0 Å². The molecule has 0 radical (unpaired) electrons. The lowest BCUT2D eigenvalue weighted by molar-refractivity contribution is -0.139. The molecule has 0 aliphatic rings. The van der Waals surface area contributed by atoms with E-state index >= 15 is 0 Å². The van der Waals surface area contributed by atoms with Gasteiger partial charge in [0.2, 0.25) is 0 Å². The Labute approximate surface area is 167 Å². The van der Waals surface area contributed by atoms with Crippen LogP contribution in [-0.4, -0.2) is 11.1 Å². The number of carboxylic acid groups (broad SMARTS) is 1. The summed E-state index contributed by atoms with van der Waals surface area (Å²) in [6.45, 7) is 4.29. The predicted molar refractivity (Wildman–Crippen MR) is 116 cm³/mol. The fourth-order valence-corrected chi connectivity index (χ4v) is 3.97. The summed E-state index contributed by atoms with van der Waals surface area (Å²) in [6.07, 6.45) is 14.9. The summed E-state index contributed by atoms with van der Waals surface area (Å²) in [5.41, 5.74) is 2.08. The standard InChI is InChI=1S/C22H35IO2/c1-3-4-5-6-7-8-9-10-11-12-13-18-22(23,21(24)25)20-16-14-19(2)15-17-20/h14-17H,3-13,18H2,1-2H3,(H,24,25). The summed E-state index contributed by atoms with van der Waals surface area (Å²) in [5.74, 6) is -0.718. The SMILES string of the molecule is CCCCCCCCCCCCCC(I)(C(=O)O)c1ccc(C)cc1. The van der Waals surface area contributed by atoms with E-state index in [-0.39, 0.29) is 0 Å². The Morgan fingerprint density at radius 2 is 1.32 bits per heavy atom. The summed E-state index contributed by atoms with van der Waals surface area (Å²) >= 11 is 2.13. The van der Waals surface area contributed by atoms with Gasteiger partial charge in [-0.3, -0.25) is 4.79 Å². The van der Waals surface area contributed by atoms with Crippen molar-refractivity contribution in [3.8, 4) is 0 Å². The Bertz CT molecular complexity index is 483. The maximum Gasteiger partial charge on any atom is 0.324 e. The molecule has 1 aromatic carbocycles. The Hall–Kier alpha value is -0.580. The second-order valence-electron chi connectivity index (χ2n) is 7.26. The van der Waals surface area contributed by atoms with E-state index in [2.05, 4.69) is 29.5 Å². The van der Waals surface area contributed by atoms with Crippen molar-refractivity contribution < 1.29 is 9.90 Å². The Balaban J connectivity index is 2.22. The zero-order valence-electron chi connectivity index (χ0n) is 16.0. The average molecular weight is 458 g/mol. The van der Waals surface area contributed by atoms with Crippen LogP contribution in [-0.2, 0) is 8.22 Å². The lowest BCUT2D eigenvalue weighted by Gasteiger charge is -2.23. The number of carboxylic acids is 1. The summed E-state index contributed by atoms with van der Waals surface area (Å²) in [7, 11) is 0. The molecule has 0 amide bonds. The molecule has 1 N–H and O–H groups in total. The van der Waals surface area contributed by atoms with Gasteiger partial charge in [-0.15, -0.1) is 0 Å². The van der Waals surface area contributed by atoms with Crippen LogP contribution in [0.1, 0.15) is 95.1 Å². The van der Waals surface area contributed by atoms with Gasteiger partial charge in [-0.2, -0.15) is 0 Å². The Morgan fingerprint density at radius 1 is 0.880 bits per heavy atom. The molecule has 0 bridgehead atoms. The van der Waals surface area contributed by atoms with Gasteiger partial charge in [-0.05, 0) is 18.9 Å². The van der Waals surface area contributed by atoms with Crippen LogP contribution in [0.15, 0.2) is 24.3 Å². The molecular weight excluding hydrogens is 423 g/mol. The number of hydrogen-bond donors (Lipinski definition) is 1. The Morgan fingerprint density at radius 3 is 1.76 bits per heavy atom. The summed E-state index contributed by atoms with van der Waals surface area (Å²) in [6, 6.07) is 7.95. The highest BCUT2D eigenvalue weighted by atomic mass is 127. The number of hydrogen-bond acceptors (Lipinski definition) is 1. The van der Waals surface area contributed by atoms with Crippen molar-refractivity contribution in [2.75, 3.05) is 0 Å². The van der Waals surface area contributed by atoms with Crippen molar-refractivity contribution >= 4 is 28.6 Å². The summed E-state index contributed by atoms with van der Waals surface area (Å²) in [5, 5.41) is 9.71. The molecule has 0 saturated carbocycles. The quantitative estimate of drug-likeness (QED) is 0.179. The van der Waals surface area contributed by atoms with Crippen molar-refractivity contribution in [2.24, 2.45) is 0 Å². The number of aliphatic carboxylic acids is 1. The largest absolute Gasteiger partial charge is 0.480 e. The van der Waals surface area contributed by atoms with E-state index in [0.717, 1.165) is 18.4 Å². The number of carbonyl (C=O) groups is 1. The fourth-order valence-electron chi connectivity index (χ4n) is 3.23. The van der Waals surface area contributed by atoms with E-state index in [4.69, 9.17) is 0 Å². The Kier molecular flexibility index (Phi) is 11.4. The van der Waals surface area contributed by atoms with Gasteiger partial charge in [-0.1, -0.05) is 130 Å². The molecule has 0 heterocycles. The third-order valence-electron chi connectivity index (χ3n) is 4.97. The van der Waals surface area contributed by atoms with E-state index in [0.29, 0.717) is 6.42 Å². The molecule has 0 spiro atoms. The molecule has 1 unspecified atom stereocenters.